The Labute approximate surface area is 64.5 Å². The highest BCUT2D eigenvalue weighted by Gasteiger charge is 2.21. The summed E-state index contributed by atoms with van der Waals surface area (Å²) >= 11 is 0. The molecule has 62 valence electrons. The molecule has 0 spiro atoms. The highest BCUT2D eigenvalue weighted by atomic mass is 16.2. The van der Waals surface area contributed by atoms with Crippen LogP contribution in [0.4, 0.5) is 0 Å². The first-order chi connectivity index (χ1) is 5.24. The number of nitrogens with one attached hydrogen (secondary N) is 1. The van der Waals surface area contributed by atoms with Gasteiger partial charge in [-0.2, -0.15) is 0 Å². The average Bonchev–Trinajstić information content (AvgIpc) is 2.37. The third kappa shape index (κ3) is 1.91. The van der Waals surface area contributed by atoms with Crippen molar-refractivity contribution in [2.75, 3.05) is 13.1 Å². The molecule has 0 aliphatic carbocycles. The fourth-order valence-corrected chi connectivity index (χ4v) is 1.09. The smallest absolute Gasteiger partial charge is 0.253 e. The predicted octanol–water partition coefficient (Wildman–Crippen LogP) is -1.40. The maximum absolute atomic E-state index is 10.9. The van der Waals surface area contributed by atoms with Gasteiger partial charge in [0.1, 0.15) is 6.54 Å². The predicted molar refractivity (Wildman–Crippen MR) is 38.1 cm³/mol. The molecule has 5 nitrogen and oxygen atoms in total. The first-order valence-electron chi connectivity index (χ1n) is 3.51. The summed E-state index contributed by atoms with van der Waals surface area (Å²) < 4.78 is 0. The van der Waals surface area contributed by atoms with E-state index in [1.165, 1.54) is 4.90 Å². The van der Waals surface area contributed by atoms with Gasteiger partial charge in [-0.3, -0.25) is 15.0 Å². The maximum Gasteiger partial charge on any atom is 0.253 e. The summed E-state index contributed by atoms with van der Waals surface area (Å²) in [5.41, 5.74) is 1.98. The molecular formula is C6H11N3O2. The molecule has 0 aromatic heterocycles. The van der Waals surface area contributed by atoms with Crippen molar-refractivity contribution in [2.24, 2.45) is 5.84 Å². The van der Waals surface area contributed by atoms with Gasteiger partial charge in [0.15, 0.2) is 0 Å². The van der Waals surface area contributed by atoms with Gasteiger partial charge in [0.2, 0.25) is 5.91 Å². The Bertz CT molecular complexity index is 181. The molecule has 1 aliphatic rings. The van der Waals surface area contributed by atoms with Crippen molar-refractivity contribution in [2.45, 2.75) is 12.8 Å². The van der Waals surface area contributed by atoms with Crippen molar-refractivity contribution in [3.63, 3.8) is 0 Å². The van der Waals surface area contributed by atoms with Crippen LogP contribution in [0.5, 0.6) is 0 Å². The minimum absolute atomic E-state index is 0.0357. The van der Waals surface area contributed by atoms with Crippen molar-refractivity contribution in [1.29, 1.82) is 0 Å². The van der Waals surface area contributed by atoms with Crippen LogP contribution >= 0.6 is 0 Å². The number of hydrazine groups is 1. The molecular weight excluding hydrogens is 146 g/mol. The molecule has 1 rings (SSSR count). The average molecular weight is 157 g/mol. The van der Waals surface area contributed by atoms with Crippen LogP contribution in [0.2, 0.25) is 0 Å². The second-order valence-corrected chi connectivity index (χ2v) is 2.49. The molecule has 0 aromatic rings. The number of carbonyl (C=O) groups excluding carboxylic acids is 2. The van der Waals surface area contributed by atoms with Crippen LogP contribution in [0, 0.1) is 0 Å². The normalized spacial score (nSPS) is 17.2. The highest BCUT2D eigenvalue weighted by molar-refractivity contribution is 5.85. The minimum atomic E-state index is -0.319. The second-order valence-electron chi connectivity index (χ2n) is 2.49. The largest absolute Gasteiger partial charge is 0.333 e. The van der Waals surface area contributed by atoms with E-state index in [9.17, 15) is 9.59 Å². The molecule has 0 aromatic carbocycles. The monoisotopic (exact) mass is 157 g/mol. The van der Waals surface area contributed by atoms with E-state index in [2.05, 4.69) is 0 Å². The standard InChI is InChI=1S/C6H11N3O2/c7-8-5(10)4-9-3-1-2-6(9)11/h1-4,7H2,(H,8,10). The number of hydrogen-bond acceptors (Lipinski definition) is 3. The topological polar surface area (TPSA) is 75.4 Å². The van der Waals surface area contributed by atoms with Crippen LogP contribution in [0.15, 0.2) is 0 Å². The zero-order chi connectivity index (χ0) is 8.27. The summed E-state index contributed by atoms with van der Waals surface area (Å²) in [5.74, 6) is 4.57. The molecule has 2 amide bonds. The molecule has 3 N–H and O–H groups in total. The van der Waals surface area contributed by atoms with Gasteiger partial charge in [-0.15, -0.1) is 0 Å². The van der Waals surface area contributed by atoms with E-state index >= 15 is 0 Å². The van der Waals surface area contributed by atoms with E-state index in [4.69, 9.17) is 5.84 Å². The number of likely N-dealkylation sites (tertiary alicyclic amines) is 1. The Morgan fingerprint density at radius 1 is 1.73 bits per heavy atom. The number of nitrogens with two attached hydrogens (primary N) is 1. The second kappa shape index (κ2) is 3.34. The van der Waals surface area contributed by atoms with Crippen molar-refractivity contribution in [3.05, 3.63) is 0 Å². The van der Waals surface area contributed by atoms with E-state index in [1.54, 1.807) is 0 Å². The third-order valence-electron chi connectivity index (χ3n) is 1.67. The molecule has 1 aliphatic heterocycles. The lowest BCUT2D eigenvalue weighted by Crippen LogP contribution is -2.40. The molecule has 0 radical (unpaired) electrons. The van der Waals surface area contributed by atoms with Crippen LogP contribution < -0.4 is 11.3 Å². The minimum Gasteiger partial charge on any atom is -0.333 e. The van der Waals surface area contributed by atoms with E-state index in [1.807, 2.05) is 5.43 Å². The van der Waals surface area contributed by atoms with Crippen LogP contribution in [0.1, 0.15) is 12.8 Å². The summed E-state index contributed by atoms with van der Waals surface area (Å²) in [6.07, 6.45) is 1.40. The zero-order valence-electron chi connectivity index (χ0n) is 6.17. The van der Waals surface area contributed by atoms with Crippen LogP contribution in [0.25, 0.3) is 0 Å². The number of amides is 2. The Kier molecular flexibility index (Phi) is 2.43. The summed E-state index contributed by atoms with van der Waals surface area (Å²) in [7, 11) is 0. The van der Waals surface area contributed by atoms with Gasteiger partial charge >= 0.3 is 0 Å². The Morgan fingerprint density at radius 2 is 2.45 bits per heavy atom. The maximum atomic E-state index is 10.9. The molecule has 0 saturated carbocycles. The summed E-state index contributed by atoms with van der Waals surface area (Å²) in [4.78, 5) is 23.1. The number of carbonyl (C=O) groups is 2. The van der Waals surface area contributed by atoms with Crippen LogP contribution in [-0.4, -0.2) is 29.8 Å². The first-order valence-corrected chi connectivity index (χ1v) is 3.51. The van der Waals surface area contributed by atoms with Crippen molar-refractivity contribution in [3.8, 4) is 0 Å². The Hall–Kier alpha value is -1.10. The summed E-state index contributed by atoms with van der Waals surface area (Å²) in [6.45, 7) is 0.765. The first kappa shape index (κ1) is 8.00. The van der Waals surface area contributed by atoms with Gasteiger partial charge in [-0.1, -0.05) is 0 Å². The number of hydrogen-bond donors (Lipinski definition) is 2. The SMILES string of the molecule is NNC(=O)CN1CCCC1=O. The molecule has 1 fully saturated rings. The number of nitrogens with zero attached hydrogens (tertiary/aromatic N) is 1. The van der Waals surface area contributed by atoms with E-state index in [0.29, 0.717) is 13.0 Å². The molecule has 1 saturated heterocycles. The highest BCUT2D eigenvalue weighted by Crippen LogP contribution is 2.07. The molecule has 0 bridgehead atoms. The van der Waals surface area contributed by atoms with E-state index in [-0.39, 0.29) is 18.4 Å². The Morgan fingerprint density at radius 3 is 2.91 bits per heavy atom. The Balaban J connectivity index is 2.36. The van der Waals surface area contributed by atoms with Gasteiger partial charge in [0.25, 0.3) is 5.91 Å². The molecule has 1 heterocycles. The summed E-state index contributed by atoms with van der Waals surface area (Å²) in [6, 6.07) is 0. The van der Waals surface area contributed by atoms with Gasteiger partial charge in [-0.05, 0) is 6.42 Å². The van der Waals surface area contributed by atoms with Gasteiger partial charge in [0.05, 0.1) is 0 Å². The van der Waals surface area contributed by atoms with Crippen molar-refractivity contribution >= 4 is 11.8 Å². The van der Waals surface area contributed by atoms with Gasteiger partial charge in [0, 0.05) is 13.0 Å². The lowest BCUT2D eigenvalue weighted by atomic mass is 10.4. The molecule has 11 heavy (non-hydrogen) atoms. The van der Waals surface area contributed by atoms with E-state index < -0.39 is 0 Å². The molecule has 0 atom stereocenters. The fourth-order valence-electron chi connectivity index (χ4n) is 1.09. The molecule has 5 heteroatoms. The lowest BCUT2D eigenvalue weighted by molar-refractivity contribution is -0.133. The zero-order valence-corrected chi connectivity index (χ0v) is 6.17. The fraction of sp³-hybridized carbons (Fsp3) is 0.667. The number of rotatable bonds is 2. The summed E-state index contributed by atoms with van der Waals surface area (Å²) in [5, 5.41) is 0. The molecule has 0 unspecified atom stereocenters. The quantitative estimate of drug-likeness (QED) is 0.294. The van der Waals surface area contributed by atoms with Crippen LogP contribution in [-0.2, 0) is 9.59 Å². The van der Waals surface area contributed by atoms with E-state index in [0.717, 1.165) is 6.42 Å². The third-order valence-corrected chi connectivity index (χ3v) is 1.67. The lowest BCUT2D eigenvalue weighted by Gasteiger charge is -2.12. The van der Waals surface area contributed by atoms with Crippen molar-refractivity contribution < 1.29 is 9.59 Å². The van der Waals surface area contributed by atoms with Gasteiger partial charge in [-0.25, -0.2) is 5.84 Å². The van der Waals surface area contributed by atoms with Crippen molar-refractivity contribution in [1.82, 2.24) is 10.3 Å². The van der Waals surface area contributed by atoms with Crippen LogP contribution in [0.3, 0.4) is 0 Å². The van der Waals surface area contributed by atoms with Gasteiger partial charge < -0.3 is 4.90 Å².